The third-order valence-corrected chi connectivity index (χ3v) is 3.01. The molecule has 16 heavy (non-hydrogen) atoms. The monoisotopic (exact) mass is 227 g/mol. The molecule has 0 aromatic heterocycles. The molecule has 1 rings (SSSR count). The number of nitrogens with two attached hydrogens (primary N) is 1. The van der Waals surface area contributed by atoms with Crippen LogP contribution in [0.5, 0.6) is 0 Å². The van der Waals surface area contributed by atoms with E-state index >= 15 is 0 Å². The Labute approximate surface area is 96.1 Å². The van der Waals surface area contributed by atoms with Crippen molar-refractivity contribution in [3.05, 3.63) is 0 Å². The van der Waals surface area contributed by atoms with Crippen LogP contribution in [0.4, 0.5) is 0 Å². The van der Waals surface area contributed by atoms with Crippen LogP contribution in [0.2, 0.25) is 0 Å². The van der Waals surface area contributed by atoms with Crippen LogP contribution in [0.1, 0.15) is 32.6 Å². The molecule has 1 aliphatic rings. The van der Waals surface area contributed by atoms with Crippen molar-refractivity contribution in [2.24, 2.45) is 11.7 Å². The van der Waals surface area contributed by atoms with Crippen LogP contribution in [0, 0.1) is 5.92 Å². The number of carbonyl (C=O) groups is 2. The molecule has 0 radical (unpaired) electrons. The Morgan fingerprint density at radius 2 is 1.81 bits per heavy atom. The number of rotatable bonds is 4. The molecule has 5 heteroatoms. The summed E-state index contributed by atoms with van der Waals surface area (Å²) in [7, 11) is 0. The van der Waals surface area contributed by atoms with E-state index in [0.717, 1.165) is 18.8 Å². The van der Waals surface area contributed by atoms with Crippen molar-refractivity contribution in [3.8, 4) is 0 Å². The minimum atomic E-state index is -0.299. The first-order valence-electron chi connectivity index (χ1n) is 5.88. The smallest absolute Gasteiger partial charge is 0.239 e. The average Bonchev–Trinajstić information content (AvgIpc) is 2.29. The Bertz CT molecular complexity index is 248. The summed E-state index contributed by atoms with van der Waals surface area (Å²) in [5.74, 6) is 0.346. The maximum absolute atomic E-state index is 11.4. The maximum Gasteiger partial charge on any atom is 0.239 e. The molecule has 0 spiro atoms. The summed E-state index contributed by atoms with van der Waals surface area (Å²) in [6.45, 7) is 2.19. The molecule has 1 fully saturated rings. The quantitative estimate of drug-likeness (QED) is 0.619. The summed E-state index contributed by atoms with van der Waals surface area (Å²) in [4.78, 5) is 22.3. The van der Waals surface area contributed by atoms with Crippen molar-refractivity contribution < 1.29 is 9.59 Å². The Morgan fingerprint density at radius 3 is 2.38 bits per heavy atom. The molecule has 0 aliphatic heterocycles. The Kier molecular flexibility index (Phi) is 5.25. The summed E-state index contributed by atoms with van der Waals surface area (Å²) in [6.07, 6.45) is 4.41. The summed E-state index contributed by atoms with van der Waals surface area (Å²) in [6, 6.07) is 0.276. The molecule has 0 heterocycles. The van der Waals surface area contributed by atoms with Gasteiger partial charge in [-0.1, -0.05) is 6.92 Å². The topological polar surface area (TPSA) is 84.2 Å². The van der Waals surface area contributed by atoms with E-state index in [-0.39, 0.29) is 30.9 Å². The maximum atomic E-state index is 11.4. The Morgan fingerprint density at radius 1 is 1.19 bits per heavy atom. The fourth-order valence-electron chi connectivity index (χ4n) is 1.93. The second-order valence-corrected chi connectivity index (χ2v) is 4.51. The van der Waals surface area contributed by atoms with Gasteiger partial charge in [0.25, 0.3) is 0 Å². The predicted octanol–water partition coefficient (Wildman–Crippen LogP) is -0.244. The van der Waals surface area contributed by atoms with Crippen molar-refractivity contribution in [2.45, 2.75) is 38.6 Å². The number of hydrogen-bond donors (Lipinski definition) is 3. The summed E-state index contributed by atoms with van der Waals surface area (Å²) in [5, 5.41) is 5.38. The summed E-state index contributed by atoms with van der Waals surface area (Å²) in [5.41, 5.74) is 5.11. The first-order valence-corrected chi connectivity index (χ1v) is 5.88. The van der Waals surface area contributed by atoms with E-state index < -0.39 is 0 Å². The lowest BCUT2D eigenvalue weighted by molar-refractivity contribution is -0.125. The van der Waals surface area contributed by atoms with E-state index in [1.807, 2.05) is 0 Å². The molecule has 0 atom stereocenters. The molecule has 0 aromatic rings. The third-order valence-electron chi connectivity index (χ3n) is 3.01. The van der Waals surface area contributed by atoms with Crippen molar-refractivity contribution >= 4 is 11.8 Å². The highest BCUT2D eigenvalue weighted by molar-refractivity contribution is 5.85. The zero-order valence-corrected chi connectivity index (χ0v) is 9.79. The minimum absolute atomic E-state index is 0.0298. The van der Waals surface area contributed by atoms with Gasteiger partial charge in [0.2, 0.25) is 11.8 Å². The van der Waals surface area contributed by atoms with Gasteiger partial charge in [-0.05, 0) is 31.6 Å². The number of carbonyl (C=O) groups excluding carboxylic acids is 2. The van der Waals surface area contributed by atoms with Gasteiger partial charge in [-0.25, -0.2) is 0 Å². The lowest BCUT2D eigenvalue weighted by atomic mass is 9.87. The SMILES string of the molecule is CC1CCC(NC(=O)CNC(=O)CN)CC1. The largest absolute Gasteiger partial charge is 0.352 e. The minimum Gasteiger partial charge on any atom is -0.352 e. The Balaban J connectivity index is 2.16. The van der Waals surface area contributed by atoms with E-state index in [4.69, 9.17) is 5.73 Å². The van der Waals surface area contributed by atoms with Gasteiger partial charge < -0.3 is 16.4 Å². The molecule has 5 nitrogen and oxygen atoms in total. The fourth-order valence-corrected chi connectivity index (χ4v) is 1.93. The highest BCUT2D eigenvalue weighted by Gasteiger charge is 2.19. The van der Waals surface area contributed by atoms with Gasteiger partial charge in [-0.3, -0.25) is 9.59 Å². The molecule has 0 unspecified atom stereocenters. The van der Waals surface area contributed by atoms with Crippen molar-refractivity contribution in [1.29, 1.82) is 0 Å². The molecule has 1 aliphatic carbocycles. The van der Waals surface area contributed by atoms with Crippen molar-refractivity contribution in [2.75, 3.05) is 13.1 Å². The predicted molar refractivity (Wildman–Crippen MR) is 61.6 cm³/mol. The molecule has 2 amide bonds. The van der Waals surface area contributed by atoms with Crippen molar-refractivity contribution in [3.63, 3.8) is 0 Å². The van der Waals surface area contributed by atoms with Gasteiger partial charge in [0.15, 0.2) is 0 Å². The molecule has 4 N–H and O–H groups in total. The van der Waals surface area contributed by atoms with Crippen LogP contribution in [-0.2, 0) is 9.59 Å². The first-order chi connectivity index (χ1) is 7.61. The Hall–Kier alpha value is -1.10. The van der Waals surface area contributed by atoms with Crippen LogP contribution in [0.15, 0.2) is 0 Å². The first kappa shape index (κ1) is 13.0. The van der Waals surface area contributed by atoms with Crippen LogP contribution < -0.4 is 16.4 Å². The molecular formula is C11H21N3O2. The van der Waals surface area contributed by atoms with Gasteiger partial charge in [-0.2, -0.15) is 0 Å². The third kappa shape index (κ3) is 4.61. The molecule has 92 valence electrons. The fraction of sp³-hybridized carbons (Fsp3) is 0.818. The van der Waals surface area contributed by atoms with Crippen molar-refractivity contribution in [1.82, 2.24) is 10.6 Å². The van der Waals surface area contributed by atoms with Gasteiger partial charge in [-0.15, -0.1) is 0 Å². The van der Waals surface area contributed by atoms with Gasteiger partial charge in [0.1, 0.15) is 0 Å². The summed E-state index contributed by atoms with van der Waals surface area (Å²) >= 11 is 0. The zero-order chi connectivity index (χ0) is 12.0. The molecule has 0 bridgehead atoms. The zero-order valence-electron chi connectivity index (χ0n) is 9.79. The lowest BCUT2D eigenvalue weighted by Gasteiger charge is -2.26. The average molecular weight is 227 g/mol. The normalized spacial score (nSPS) is 24.9. The second kappa shape index (κ2) is 6.48. The molecule has 0 aromatic carbocycles. The van der Waals surface area contributed by atoms with E-state index in [2.05, 4.69) is 17.6 Å². The number of nitrogens with one attached hydrogen (secondary N) is 2. The molecule has 0 saturated heterocycles. The standard InChI is InChI=1S/C11H21N3O2/c1-8-2-4-9(5-3-8)14-11(16)7-13-10(15)6-12/h8-9H,2-7,12H2,1H3,(H,13,15)(H,14,16). The van der Waals surface area contributed by atoms with Gasteiger partial charge >= 0.3 is 0 Å². The summed E-state index contributed by atoms with van der Waals surface area (Å²) < 4.78 is 0. The molecule has 1 saturated carbocycles. The van der Waals surface area contributed by atoms with E-state index in [1.54, 1.807) is 0 Å². The van der Waals surface area contributed by atoms with E-state index in [9.17, 15) is 9.59 Å². The van der Waals surface area contributed by atoms with E-state index in [0.29, 0.717) is 0 Å². The molecular weight excluding hydrogens is 206 g/mol. The van der Waals surface area contributed by atoms with Gasteiger partial charge in [0.05, 0.1) is 13.1 Å². The van der Waals surface area contributed by atoms with Gasteiger partial charge in [0, 0.05) is 6.04 Å². The van der Waals surface area contributed by atoms with Crippen LogP contribution in [-0.4, -0.2) is 30.9 Å². The second-order valence-electron chi connectivity index (χ2n) is 4.51. The number of amides is 2. The highest BCUT2D eigenvalue weighted by atomic mass is 16.2. The van der Waals surface area contributed by atoms with Crippen LogP contribution in [0.3, 0.4) is 0 Å². The van der Waals surface area contributed by atoms with Crippen LogP contribution in [0.25, 0.3) is 0 Å². The highest BCUT2D eigenvalue weighted by Crippen LogP contribution is 2.23. The number of hydrogen-bond acceptors (Lipinski definition) is 3. The van der Waals surface area contributed by atoms with Crippen LogP contribution >= 0.6 is 0 Å². The van der Waals surface area contributed by atoms with E-state index in [1.165, 1.54) is 12.8 Å². The lowest BCUT2D eigenvalue weighted by Crippen LogP contribution is -2.44.